The predicted octanol–water partition coefficient (Wildman–Crippen LogP) is 1.21. The number of aromatic nitrogens is 4. The van der Waals surface area contributed by atoms with E-state index in [0.717, 1.165) is 17.2 Å². The highest BCUT2D eigenvalue weighted by Crippen LogP contribution is 2.20. The van der Waals surface area contributed by atoms with Crippen molar-refractivity contribution in [2.24, 2.45) is 0 Å². The molecule has 0 bridgehead atoms. The standard InChI is InChI=1S/C15H21N5O2/c1-11-3-5-20(18-11)6-4-14(21)19-7-8-22-13(10-19)15-16-9-12(2)17-15/h3,5,9,13H,4,6-8,10H2,1-2H3,(H,16,17)/t13-/m1/s1. The molecular weight excluding hydrogens is 282 g/mol. The number of amides is 1. The number of ether oxygens (including phenoxy) is 1. The normalized spacial score (nSPS) is 18.6. The van der Waals surface area contributed by atoms with E-state index in [9.17, 15) is 4.79 Å². The minimum Gasteiger partial charge on any atom is -0.367 e. The van der Waals surface area contributed by atoms with Crippen molar-refractivity contribution in [2.75, 3.05) is 19.7 Å². The van der Waals surface area contributed by atoms with E-state index in [1.807, 2.05) is 31.0 Å². The number of nitrogens with zero attached hydrogens (tertiary/aromatic N) is 4. The van der Waals surface area contributed by atoms with Crippen LogP contribution in [0.4, 0.5) is 0 Å². The molecule has 1 N–H and O–H groups in total. The summed E-state index contributed by atoms with van der Waals surface area (Å²) in [4.78, 5) is 21.7. The molecule has 0 spiro atoms. The molecule has 118 valence electrons. The highest BCUT2D eigenvalue weighted by molar-refractivity contribution is 5.76. The lowest BCUT2D eigenvalue weighted by molar-refractivity contribution is -0.139. The second-order valence-electron chi connectivity index (χ2n) is 5.62. The van der Waals surface area contributed by atoms with Gasteiger partial charge < -0.3 is 14.6 Å². The van der Waals surface area contributed by atoms with Gasteiger partial charge in [-0.1, -0.05) is 0 Å². The fourth-order valence-electron chi connectivity index (χ4n) is 2.59. The fraction of sp³-hybridized carbons (Fsp3) is 0.533. The van der Waals surface area contributed by atoms with Crippen LogP contribution < -0.4 is 0 Å². The quantitative estimate of drug-likeness (QED) is 0.921. The van der Waals surface area contributed by atoms with E-state index in [2.05, 4.69) is 15.1 Å². The number of aryl methyl sites for hydroxylation is 3. The summed E-state index contributed by atoms with van der Waals surface area (Å²) in [6.45, 7) is 6.22. The van der Waals surface area contributed by atoms with Crippen molar-refractivity contribution in [3.05, 3.63) is 35.7 Å². The molecule has 1 aliphatic rings. The van der Waals surface area contributed by atoms with Crippen LogP contribution in [-0.4, -0.2) is 50.3 Å². The average molecular weight is 303 g/mol. The third-order valence-corrected chi connectivity index (χ3v) is 3.78. The SMILES string of the molecule is Cc1ccn(CCC(=O)N2CCO[C@@H](c3ncc(C)[nH]3)C2)n1. The minimum absolute atomic E-state index is 0.129. The Balaban J connectivity index is 1.55. The first-order valence-corrected chi connectivity index (χ1v) is 7.53. The Hall–Kier alpha value is -2.15. The monoisotopic (exact) mass is 303 g/mol. The van der Waals surface area contributed by atoms with Crippen LogP contribution in [0.1, 0.15) is 29.7 Å². The maximum atomic E-state index is 12.4. The lowest BCUT2D eigenvalue weighted by Gasteiger charge is -2.32. The summed E-state index contributed by atoms with van der Waals surface area (Å²) < 4.78 is 7.53. The molecule has 0 aliphatic carbocycles. The van der Waals surface area contributed by atoms with Crippen molar-refractivity contribution in [2.45, 2.75) is 32.9 Å². The zero-order valence-electron chi connectivity index (χ0n) is 13.0. The maximum absolute atomic E-state index is 12.4. The van der Waals surface area contributed by atoms with Gasteiger partial charge in [-0.2, -0.15) is 5.10 Å². The van der Waals surface area contributed by atoms with Crippen LogP contribution in [0.3, 0.4) is 0 Å². The van der Waals surface area contributed by atoms with Gasteiger partial charge >= 0.3 is 0 Å². The van der Waals surface area contributed by atoms with Crippen LogP contribution in [0, 0.1) is 13.8 Å². The number of carbonyl (C=O) groups excluding carboxylic acids is 1. The molecule has 22 heavy (non-hydrogen) atoms. The Morgan fingerprint density at radius 2 is 2.36 bits per heavy atom. The number of rotatable bonds is 4. The Morgan fingerprint density at radius 1 is 1.50 bits per heavy atom. The third kappa shape index (κ3) is 3.36. The molecule has 1 atom stereocenters. The molecule has 3 heterocycles. The summed E-state index contributed by atoms with van der Waals surface area (Å²) >= 11 is 0. The molecule has 0 unspecified atom stereocenters. The number of H-pyrrole nitrogens is 1. The van der Waals surface area contributed by atoms with Crippen LogP contribution >= 0.6 is 0 Å². The van der Waals surface area contributed by atoms with E-state index in [4.69, 9.17) is 4.74 Å². The lowest BCUT2D eigenvalue weighted by Crippen LogP contribution is -2.42. The highest BCUT2D eigenvalue weighted by Gasteiger charge is 2.26. The number of morpholine rings is 1. The fourth-order valence-corrected chi connectivity index (χ4v) is 2.59. The number of imidazole rings is 1. The van der Waals surface area contributed by atoms with E-state index in [0.29, 0.717) is 32.7 Å². The summed E-state index contributed by atoms with van der Waals surface area (Å²) in [6, 6.07) is 1.94. The predicted molar refractivity (Wildman–Crippen MR) is 80.2 cm³/mol. The van der Waals surface area contributed by atoms with Gasteiger partial charge in [0.15, 0.2) is 0 Å². The molecule has 1 amide bonds. The van der Waals surface area contributed by atoms with Crippen LogP contribution in [0.15, 0.2) is 18.5 Å². The van der Waals surface area contributed by atoms with Crippen molar-refractivity contribution in [1.82, 2.24) is 24.6 Å². The molecular formula is C15H21N5O2. The first kappa shape index (κ1) is 14.8. The maximum Gasteiger partial charge on any atom is 0.224 e. The highest BCUT2D eigenvalue weighted by atomic mass is 16.5. The second kappa shape index (κ2) is 6.31. The Labute approximate surface area is 129 Å². The second-order valence-corrected chi connectivity index (χ2v) is 5.62. The Kier molecular flexibility index (Phi) is 4.24. The average Bonchev–Trinajstić information content (AvgIpc) is 3.13. The zero-order valence-corrected chi connectivity index (χ0v) is 13.0. The van der Waals surface area contributed by atoms with Gasteiger partial charge in [0.2, 0.25) is 5.91 Å². The van der Waals surface area contributed by atoms with Gasteiger partial charge in [0.1, 0.15) is 11.9 Å². The first-order chi connectivity index (χ1) is 10.6. The molecule has 0 saturated carbocycles. The van der Waals surface area contributed by atoms with E-state index >= 15 is 0 Å². The smallest absolute Gasteiger partial charge is 0.224 e. The first-order valence-electron chi connectivity index (χ1n) is 7.53. The van der Waals surface area contributed by atoms with Crippen LogP contribution in [0.2, 0.25) is 0 Å². The molecule has 1 aliphatic heterocycles. The summed E-state index contributed by atoms with van der Waals surface area (Å²) in [7, 11) is 0. The van der Waals surface area contributed by atoms with Crippen molar-refractivity contribution >= 4 is 5.91 Å². The summed E-state index contributed by atoms with van der Waals surface area (Å²) in [5.74, 6) is 0.919. The van der Waals surface area contributed by atoms with E-state index in [1.165, 1.54) is 0 Å². The van der Waals surface area contributed by atoms with Gasteiger partial charge in [-0.05, 0) is 19.9 Å². The largest absolute Gasteiger partial charge is 0.367 e. The van der Waals surface area contributed by atoms with Gasteiger partial charge in [0.25, 0.3) is 0 Å². The summed E-state index contributed by atoms with van der Waals surface area (Å²) in [5, 5.41) is 4.30. The number of hydrogen-bond acceptors (Lipinski definition) is 4. The van der Waals surface area contributed by atoms with Crippen molar-refractivity contribution < 1.29 is 9.53 Å². The number of hydrogen-bond donors (Lipinski definition) is 1. The molecule has 0 radical (unpaired) electrons. The summed E-state index contributed by atoms with van der Waals surface area (Å²) in [6.07, 6.45) is 3.96. The molecule has 0 aromatic carbocycles. The lowest BCUT2D eigenvalue weighted by atomic mass is 10.2. The van der Waals surface area contributed by atoms with Crippen molar-refractivity contribution in [3.63, 3.8) is 0 Å². The zero-order chi connectivity index (χ0) is 15.5. The molecule has 3 rings (SSSR count). The molecule has 2 aromatic rings. The number of carbonyl (C=O) groups is 1. The topological polar surface area (TPSA) is 76.0 Å². The molecule has 2 aromatic heterocycles. The van der Waals surface area contributed by atoms with Gasteiger partial charge in [-0.3, -0.25) is 9.48 Å². The summed E-state index contributed by atoms with van der Waals surface area (Å²) in [5.41, 5.74) is 1.96. The molecule has 7 heteroatoms. The van der Waals surface area contributed by atoms with Crippen LogP contribution in [0.25, 0.3) is 0 Å². The third-order valence-electron chi connectivity index (χ3n) is 3.78. The number of nitrogens with one attached hydrogen (secondary N) is 1. The van der Waals surface area contributed by atoms with Gasteiger partial charge in [0.05, 0.1) is 18.8 Å². The Bertz CT molecular complexity index is 648. The molecule has 7 nitrogen and oxygen atoms in total. The van der Waals surface area contributed by atoms with E-state index in [1.54, 1.807) is 10.9 Å². The molecule has 1 fully saturated rings. The van der Waals surface area contributed by atoms with Crippen LogP contribution in [-0.2, 0) is 16.1 Å². The molecule has 1 saturated heterocycles. The van der Waals surface area contributed by atoms with Gasteiger partial charge in [-0.25, -0.2) is 4.98 Å². The van der Waals surface area contributed by atoms with Crippen molar-refractivity contribution in [1.29, 1.82) is 0 Å². The van der Waals surface area contributed by atoms with Gasteiger partial charge in [-0.15, -0.1) is 0 Å². The Morgan fingerprint density at radius 3 is 3.05 bits per heavy atom. The van der Waals surface area contributed by atoms with Crippen molar-refractivity contribution in [3.8, 4) is 0 Å². The number of aromatic amines is 1. The van der Waals surface area contributed by atoms with Crippen LogP contribution in [0.5, 0.6) is 0 Å². The van der Waals surface area contributed by atoms with E-state index < -0.39 is 0 Å². The van der Waals surface area contributed by atoms with E-state index in [-0.39, 0.29) is 12.0 Å². The van der Waals surface area contributed by atoms with Gasteiger partial charge in [0, 0.05) is 37.6 Å². The minimum atomic E-state index is -0.168.